The summed E-state index contributed by atoms with van der Waals surface area (Å²) < 4.78 is 1.58. The predicted octanol–water partition coefficient (Wildman–Crippen LogP) is 2.83. The maximum atomic E-state index is 12.4. The van der Waals surface area contributed by atoms with Crippen LogP contribution in [0.5, 0.6) is 0 Å². The molecule has 0 aliphatic rings. The molecule has 6 nitrogen and oxygen atoms in total. The van der Waals surface area contributed by atoms with Crippen LogP contribution < -0.4 is 10.2 Å². The molecule has 3 aromatic rings. The van der Waals surface area contributed by atoms with Gasteiger partial charge in [0.2, 0.25) is 0 Å². The number of aromatic nitrogens is 3. The molecule has 0 saturated heterocycles. The van der Waals surface area contributed by atoms with E-state index < -0.39 is 0 Å². The first-order chi connectivity index (χ1) is 11.2. The van der Waals surface area contributed by atoms with E-state index in [2.05, 4.69) is 34.1 Å². The summed E-state index contributed by atoms with van der Waals surface area (Å²) in [6.45, 7) is 6.15. The molecule has 118 valence electrons. The molecule has 0 saturated carbocycles. The van der Waals surface area contributed by atoms with Crippen LogP contribution in [0.3, 0.4) is 0 Å². The molecule has 2 aromatic heterocycles. The third kappa shape index (κ3) is 3.01. The third-order valence-electron chi connectivity index (χ3n) is 3.78. The summed E-state index contributed by atoms with van der Waals surface area (Å²) in [5.74, 6) is -0.214. The molecule has 0 radical (unpaired) electrons. The van der Waals surface area contributed by atoms with Crippen LogP contribution in [-0.4, -0.2) is 33.6 Å². The molecule has 0 spiro atoms. The number of hydrogen-bond acceptors (Lipinski definition) is 4. The van der Waals surface area contributed by atoms with Gasteiger partial charge in [-0.3, -0.25) is 4.79 Å². The molecule has 0 atom stereocenters. The minimum atomic E-state index is -0.214. The monoisotopic (exact) mass is 309 g/mol. The minimum absolute atomic E-state index is 0.214. The Morgan fingerprint density at radius 1 is 1.22 bits per heavy atom. The van der Waals surface area contributed by atoms with Crippen LogP contribution in [0, 0.1) is 0 Å². The highest BCUT2D eigenvalue weighted by Gasteiger charge is 2.13. The van der Waals surface area contributed by atoms with E-state index in [1.54, 1.807) is 23.0 Å². The number of nitrogens with one attached hydrogen (secondary N) is 1. The van der Waals surface area contributed by atoms with Crippen molar-refractivity contribution in [3.05, 3.63) is 54.5 Å². The number of carbonyl (C=O) groups excluding carboxylic acids is 1. The molecule has 0 bridgehead atoms. The molecule has 1 N–H and O–H groups in total. The Bertz CT molecular complexity index is 805. The van der Waals surface area contributed by atoms with E-state index in [0.29, 0.717) is 11.2 Å². The number of carbonyl (C=O) groups is 1. The minimum Gasteiger partial charge on any atom is -0.372 e. The number of hydrogen-bond donors (Lipinski definition) is 1. The van der Waals surface area contributed by atoms with Gasteiger partial charge in [0.1, 0.15) is 5.56 Å². The summed E-state index contributed by atoms with van der Waals surface area (Å²) in [5.41, 5.74) is 2.90. The van der Waals surface area contributed by atoms with Crippen molar-refractivity contribution >= 4 is 22.9 Å². The molecular formula is C17H19N5O. The number of anilines is 2. The summed E-state index contributed by atoms with van der Waals surface area (Å²) in [5, 5.41) is 7.02. The van der Waals surface area contributed by atoms with Gasteiger partial charge in [0.15, 0.2) is 5.65 Å². The standard InChI is InChI=1S/C17H19N5O/c1-3-21(4-2)14-8-6-13(7-9-14)20-17(23)15-12-19-22-11-5-10-18-16(15)22/h5-12H,3-4H2,1-2H3,(H,20,23). The smallest absolute Gasteiger partial charge is 0.261 e. The van der Waals surface area contributed by atoms with Gasteiger partial charge in [-0.05, 0) is 44.2 Å². The van der Waals surface area contributed by atoms with Gasteiger partial charge in [-0.1, -0.05) is 0 Å². The Balaban J connectivity index is 1.78. The molecular weight excluding hydrogens is 290 g/mol. The van der Waals surface area contributed by atoms with Crippen molar-refractivity contribution in [3.63, 3.8) is 0 Å². The predicted molar refractivity (Wildman–Crippen MR) is 90.9 cm³/mol. The van der Waals surface area contributed by atoms with Crippen LogP contribution in [0.4, 0.5) is 11.4 Å². The van der Waals surface area contributed by atoms with E-state index in [1.807, 2.05) is 24.3 Å². The molecule has 2 heterocycles. The quantitative estimate of drug-likeness (QED) is 0.787. The molecule has 0 fully saturated rings. The number of fused-ring (bicyclic) bond motifs is 1. The van der Waals surface area contributed by atoms with Crippen LogP contribution in [0.15, 0.2) is 48.9 Å². The van der Waals surface area contributed by atoms with Crippen molar-refractivity contribution in [1.29, 1.82) is 0 Å². The van der Waals surface area contributed by atoms with Crippen molar-refractivity contribution in [2.24, 2.45) is 0 Å². The molecule has 1 amide bonds. The maximum Gasteiger partial charge on any atom is 0.261 e. The second-order valence-electron chi connectivity index (χ2n) is 5.12. The average molecular weight is 309 g/mol. The van der Waals surface area contributed by atoms with Crippen LogP contribution in [-0.2, 0) is 0 Å². The third-order valence-corrected chi connectivity index (χ3v) is 3.78. The van der Waals surface area contributed by atoms with Crippen LogP contribution in [0.2, 0.25) is 0 Å². The normalized spacial score (nSPS) is 10.7. The second-order valence-corrected chi connectivity index (χ2v) is 5.12. The van der Waals surface area contributed by atoms with E-state index in [1.165, 1.54) is 6.20 Å². The zero-order valence-corrected chi connectivity index (χ0v) is 13.2. The van der Waals surface area contributed by atoms with Crippen molar-refractivity contribution in [2.45, 2.75) is 13.8 Å². The van der Waals surface area contributed by atoms with Crippen LogP contribution >= 0.6 is 0 Å². The van der Waals surface area contributed by atoms with Gasteiger partial charge in [0.25, 0.3) is 5.91 Å². The largest absolute Gasteiger partial charge is 0.372 e. The summed E-state index contributed by atoms with van der Waals surface area (Å²) in [6, 6.07) is 9.61. The van der Waals surface area contributed by atoms with Crippen LogP contribution in [0.1, 0.15) is 24.2 Å². The lowest BCUT2D eigenvalue weighted by Crippen LogP contribution is -2.21. The SMILES string of the molecule is CCN(CC)c1ccc(NC(=O)c2cnn3cccnc23)cc1. The summed E-state index contributed by atoms with van der Waals surface area (Å²) in [4.78, 5) is 18.9. The highest BCUT2D eigenvalue weighted by atomic mass is 16.1. The molecule has 3 rings (SSSR count). The van der Waals surface area contributed by atoms with E-state index in [9.17, 15) is 4.79 Å². The van der Waals surface area contributed by atoms with Gasteiger partial charge in [0, 0.05) is 36.9 Å². The fourth-order valence-corrected chi connectivity index (χ4v) is 2.53. The highest BCUT2D eigenvalue weighted by Crippen LogP contribution is 2.18. The Morgan fingerprint density at radius 3 is 2.65 bits per heavy atom. The highest BCUT2D eigenvalue weighted by molar-refractivity contribution is 6.08. The molecule has 1 aromatic carbocycles. The number of benzene rings is 1. The lowest BCUT2D eigenvalue weighted by atomic mass is 10.2. The first-order valence-electron chi connectivity index (χ1n) is 7.67. The van der Waals surface area contributed by atoms with Crippen molar-refractivity contribution in [1.82, 2.24) is 14.6 Å². The zero-order chi connectivity index (χ0) is 16.2. The van der Waals surface area contributed by atoms with Gasteiger partial charge in [-0.15, -0.1) is 0 Å². The molecule has 6 heteroatoms. The Hall–Kier alpha value is -2.89. The zero-order valence-electron chi connectivity index (χ0n) is 13.2. The van der Waals surface area contributed by atoms with Crippen molar-refractivity contribution < 1.29 is 4.79 Å². The van der Waals surface area contributed by atoms with Crippen molar-refractivity contribution in [3.8, 4) is 0 Å². The fraction of sp³-hybridized carbons (Fsp3) is 0.235. The Labute approximate surface area is 134 Å². The van der Waals surface area contributed by atoms with E-state index in [0.717, 1.165) is 24.5 Å². The van der Waals surface area contributed by atoms with E-state index in [4.69, 9.17) is 0 Å². The van der Waals surface area contributed by atoms with Crippen molar-refractivity contribution in [2.75, 3.05) is 23.3 Å². The maximum absolute atomic E-state index is 12.4. The lowest BCUT2D eigenvalue weighted by Gasteiger charge is -2.21. The summed E-state index contributed by atoms with van der Waals surface area (Å²) >= 11 is 0. The van der Waals surface area contributed by atoms with E-state index >= 15 is 0 Å². The molecule has 0 aliphatic heterocycles. The van der Waals surface area contributed by atoms with Gasteiger partial charge in [0.05, 0.1) is 6.20 Å². The fourth-order valence-electron chi connectivity index (χ4n) is 2.53. The van der Waals surface area contributed by atoms with E-state index in [-0.39, 0.29) is 5.91 Å². The van der Waals surface area contributed by atoms with Gasteiger partial charge in [-0.2, -0.15) is 5.10 Å². The summed E-state index contributed by atoms with van der Waals surface area (Å²) in [6.07, 6.45) is 4.94. The Morgan fingerprint density at radius 2 is 1.96 bits per heavy atom. The molecule has 0 unspecified atom stereocenters. The topological polar surface area (TPSA) is 62.5 Å². The van der Waals surface area contributed by atoms with Gasteiger partial charge >= 0.3 is 0 Å². The first-order valence-corrected chi connectivity index (χ1v) is 7.67. The lowest BCUT2D eigenvalue weighted by molar-refractivity contribution is 0.102. The van der Waals surface area contributed by atoms with Crippen LogP contribution in [0.25, 0.3) is 5.65 Å². The number of amides is 1. The molecule has 23 heavy (non-hydrogen) atoms. The Kier molecular flexibility index (Phi) is 4.23. The van der Waals surface area contributed by atoms with Gasteiger partial charge < -0.3 is 10.2 Å². The first kappa shape index (κ1) is 15.0. The average Bonchev–Trinajstić information content (AvgIpc) is 3.01. The second kappa shape index (κ2) is 6.48. The molecule has 0 aliphatic carbocycles. The van der Waals surface area contributed by atoms with Gasteiger partial charge in [-0.25, -0.2) is 9.50 Å². The number of nitrogens with zero attached hydrogens (tertiary/aromatic N) is 4. The number of rotatable bonds is 5. The summed E-state index contributed by atoms with van der Waals surface area (Å²) in [7, 11) is 0.